The van der Waals surface area contributed by atoms with E-state index in [2.05, 4.69) is 13.8 Å². The average Bonchev–Trinajstić information content (AvgIpc) is 3.04. The molecule has 0 N–H and O–H groups in total. The summed E-state index contributed by atoms with van der Waals surface area (Å²) >= 11 is 0. The van der Waals surface area contributed by atoms with Crippen molar-refractivity contribution in [2.75, 3.05) is 13.2 Å². The number of fused-ring (bicyclic) bond motifs is 2. The molecular weight excluding hydrogens is 242 g/mol. The molecule has 2 atom stereocenters. The predicted octanol–water partition coefficient (Wildman–Crippen LogP) is 2.81. The maximum absolute atomic E-state index is 12.4. The number of rotatable bonds is 2. The molecular formula is C15H25NO3. The molecule has 0 radical (unpaired) electrons. The van der Waals surface area contributed by atoms with Crippen LogP contribution in [-0.2, 0) is 9.47 Å². The van der Waals surface area contributed by atoms with Crippen molar-refractivity contribution in [3.05, 3.63) is 0 Å². The van der Waals surface area contributed by atoms with Gasteiger partial charge in [0.2, 0.25) is 0 Å². The van der Waals surface area contributed by atoms with Crippen LogP contribution >= 0.6 is 0 Å². The van der Waals surface area contributed by atoms with Gasteiger partial charge in [0.1, 0.15) is 5.60 Å². The van der Waals surface area contributed by atoms with Crippen molar-refractivity contribution in [3.8, 4) is 0 Å². The van der Waals surface area contributed by atoms with Gasteiger partial charge in [-0.05, 0) is 44.4 Å². The van der Waals surface area contributed by atoms with E-state index in [1.54, 1.807) is 0 Å². The molecule has 0 aromatic heterocycles. The SMILES string of the molecule is CC(C)C1CC2COCC(C1)N2C(=O)OC1(C)CC1. The van der Waals surface area contributed by atoms with Crippen LogP contribution in [0.4, 0.5) is 4.79 Å². The number of ether oxygens (including phenoxy) is 2. The number of amides is 1. The van der Waals surface area contributed by atoms with Crippen LogP contribution in [-0.4, -0.2) is 41.9 Å². The molecule has 2 saturated heterocycles. The topological polar surface area (TPSA) is 38.8 Å². The highest BCUT2D eigenvalue weighted by Gasteiger charge is 2.47. The number of hydrogen-bond donors (Lipinski definition) is 0. The minimum Gasteiger partial charge on any atom is -0.443 e. The molecule has 1 saturated carbocycles. The Balaban J connectivity index is 1.69. The van der Waals surface area contributed by atoms with Gasteiger partial charge >= 0.3 is 6.09 Å². The van der Waals surface area contributed by atoms with Crippen LogP contribution in [0.1, 0.15) is 46.5 Å². The van der Waals surface area contributed by atoms with E-state index in [1.807, 2.05) is 11.8 Å². The van der Waals surface area contributed by atoms with Crippen molar-refractivity contribution in [1.29, 1.82) is 0 Å². The van der Waals surface area contributed by atoms with E-state index in [9.17, 15) is 4.79 Å². The zero-order chi connectivity index (χ0) is 13.6. The summed E-state index contributed by atoms with van der Waals surface area (Å²) < 4.78 is 11.3. The van der Waals surface area contributed by atoms with Crippen molar-refractivity contribution >= 4 is 6.09 Å². The lowest BCUT2D eigenvalue weighted by atomic mass is 9.79. The van der Waals surface area contributed by atoms with Crippen molar-refractivity contribution in [2.24, 2.45) is 11.8 Å². The van der Waals surface area contributed by atoms with Crippen LogP contribution in [0, 0.1) is 11.8 Å². The number of nitrogens with zero attached hydrogens (tertiary/aromatic N) is 1. The maximum Gasteiger partial charge on any atom is 0.410 e. The highest BCUT2D eigenvalue weighted by atomic mass is 16.6. The van der Waals surface area contributed by atoms with Crippen molar-refractivity contribution < 1.29 is 14.3 Å². The fourth-order valence-corrected chi connectivity index (χ4v) is 3.34. The Hall–Kier alpha value is -0.770. The first-order valence-corrected chi connectivity index (χ1v) is 7.57. The highest BCUT2D eigenvalue weighted by Crippen LogP contribution is 2.41. The third-order valence-corrected chi connectivity index (χ3v) is 5.00. The van der Waals surface area contributed by atoms with Gasteiger partial charge in [-0.15, -0.1) is 0 Å². The van der Waals surface area contributed by atoms with Crippen LogP contribution in [0.2, 0.25) is 0 Å². The van der Waals surface area contributed by atoms with E-state index in [1.165, 1.54) is 0 Å². The van der Waals surface area contributed by atoms with Crippen LogP contribution in [0.3, 0.4) is 0 Å². The molecule has 0 aromatic carbocycles. The van der Waals surface area contributed by atoms with Crippen LogP contribution in [0.5, 0.6) is 0 Å². The highest BCUT2D eigenvalue weighted by molar-refractivity contribution is 5.69. The number of piperidine rings is 1. The Morgan fingerprint density at radius 2 is 1.84 bits per heavy atom. The quantitative estimate of drug-likeness (QED) is 0.772. The first-order valence-electron chi connectivity index (χ1n) is 7.57. The lowest BCUT2D eigenvalue weighted by molar-refractivity contribution is -0.0890. The number of hydrogen-bond acceptors (Lipinski definition) is 3. The van der Waals surface area contributed by atoms with E-state index < -0.39 is 0 Å². The van der Waals surface area contributed by atoms with Gasteiger partial charge in [0.15, 0.2) is 0 Å². The molecule has 0 spiro atoms. The van der Waals surface area contributed by atoms with Gasteiger partial charge in [-0.1, -0.05) is 13.8 Å². The Morgan fingerprint density at radius 1 is 1.26 bits per heavy atom. The summed E-state index contributed by atoms with van der Waals surface area (Å²) in [4.78, 5) is 14.4. The van der Waals surface area contributed by atoms with E-state index in [0.717, 1.165) is 25.7 Å². The maximum atomic E-state index is 12.4. The minimum atomic E-state index is -0.179. The summed E-state index contributed by atoms with van der Waals surface area (Å²) in [5.41, 5.74) is -0.179. The second kappa shape index (κ2) is 4.65. The molecule has 19 heavy (non-hydrogen) atoms. The molecule has 3 aliphatic rings. The minimum absolute atomic E-state index is 0.111. The monoisotopic (exact) mass is 267 g/mol. The lowest BCUT2D eigenvalue weighted by Gasteiger charge is -2.48. The third kappa shape index (κ3) is 2.60. The first-order chi connectivity index (χ1) is 8.98. The molecule has 3 rings (SSSR count). The molecule has 4 heteroatoms. The van der Waals surface area contributed by atoms with Crippen LogP contribution < -0.4 is 0 Å². The summed E-state index contributed by atoms with van der Waals surface area (Å²) in [7, 11) is 0. The van der Waals surface area contributed by atoms with Crippen LogP contribution in [0.25, 0.3) is 0 Å². The summed E-state index contributed by atoms with van der Waals surface area (Å²) in [5, 5.41) is 0. The normalized spacial score (nSPS) is 36.2. The van der Waals surface area contributed by atoms with Gasteiger partial charge in [-0.25, -0.2) is 4.79 Å². The molecule has 1 aliphatic carbocycles. The van der Waals surface area contributed by atoms with Crippen molar-refractivity contribution in [3.63, 3.8) is 0 Å². The van der Waals surface area contributed by atoms with E-state index in [4.69, 9.17) is 9.47 Å². The van der Waals surface area contributed by atoms with Crippen molar-refractivity contribution in [2.45, 2.75) is 64.1 Å². The Morgan fingerprint density at radius 3 is 2.32 bits per heavy atom. The first kappa shape index (κ1) is 13.2. The molecule has 1 amide bonds. The lowest BCUT2D eigenvalue weighted by Crippen LogP contribution is -2.60. The average molecular weight is 267 g/mol. The third-order valence-electron chi connectivity index (χ3n) is 5.00. The molecule has 2 bridgehead atoms. The van der Waals surface area contributed by atoms with E-state index in [-0.39, 0.29) is 23.8 Å². The second-order valence-electron chi connectivity index (χ2n) is 7.05. The largest absolute Gasteiger partial charge is 0.443 e. The number of morpholine rings is 1. The summed E-state index contributed by atoms with van der Waals surface area (Å²) in [6.45, 7) is 7.93. The molecule has 108 valence electrons. The Bertz CT molecular complexity index is 350. The van der Waals surface area contributed by atoms with Gasteiger partial charge in [0, 0.05) is 0 Å². The summed E-state index contributed by atoms with van der Waals surface area (Å²) in [6, 6.07) is 0.435. The second-order valence-corrected chi connectivity index (χ2v) is 7.05. The number of carbonyl (C=O) groups excluding carboxylic acids is 1. The van der Waals surface area contributed by atoms with Crippen LogP contribution in [0.15, 0.2) is 0 Å². The molecule has 0 aromatic rings. The molecule has 2 aliphatic heterocycles. The van der Waals surface area contributed by atoms with Crippen molar-refractivity contribution in [1.82, 2.24) is 4.90 Å². The van der Waals surface area contributed by atoms with Gasteiger partial charge < -0.3 is 9.47 Å². The Kier molecular flexibility index (Phi) is 3.24. The Labute approximate surface area is 115 Å². The molecule has 2 unspecified atom stereocenters. The number of carbonyl (C=O) groups is 1. The fraction of sp³-hybridized carbons (Fsp3) is 0.933. The van der Waals surface area contributed by atoms with Gasteiger partial charge in [-0.3, -0.25) is 4.90 Å². The van der Waals surface area contributed by atoms with Gasteiger partial charge in [0.05, 0.1) is 25.3 Å². The fourth-order valence-electron chi connectivity index (χ4n) is 3.34. The summed E-state index contributed by atoms with van der Waals surface area (Å²) in [6.07, 6.45) is 4.01. The smallest absolute Gasteiger partial charge is 0.410 e. The molecule has 4 nitrogen and oxygen atoms in total. The zero-order valence-corrected chi connectivity index (χ0v) is 12.2. The molecule has 3 fully saturated rings. The standard InChI is InChI=1S/C15H25NO3/c1-10(2)11-6-12-8-18-9-13(7-11)16(12)14(17)19-15(3)4-5-15/h10-13H,4-9H2,1-3H3. The van der Waals surface area contributed by atoms with Gasteiger partial charge in [-0.2, -0.15) is 0 Å². The summed E-state index contributed by atoms with van der Waals surface area (Å²) in [5.74, 6) is 1.39. The predicted molar refractivity (Wildman–Crippen MR) is 71.9 cm³/mol. The van der Waals surface area contributed by atoms with E-state index >= 15 is 0 Å². The zero-order valence-electron chi connectivity index (χ0n) is 12.2. The van der Waals surface area contributed by atoms with Gasteiger partial charge in [0.25, 0.3) is 0 Å². The molecule has 2 heterocycles. The van der Waals surface area contributed by atoms with E-state index in [0.29, 0.717) is 25.0 Å².